The van der Waals surface area contributed by atoms with E-state index in [0.717, 1.165) is 0 Å². The number of rotatable bonds is 2. The fraction of sp³-hybridized carbons (Fsp3) is 0.429. The average Bonchev–Trinajstić information content (AvgIpc) is 2.04. The SMILES string of the molecule is CCOC(=O)/C=C1\NC(=O)[C@@H]1Br. The molecular formula is C7H8BrNO3. The van der Waals surface area contributed by atoms with Crippen LogP contribution in [0.3, 0.4) is 0 Å². The zero-order chi connectivity index (χ0) is 9.14. The second-order valence-corrected chi connectivity index (χ2v) is 3.12. The summed E-state index contributed by atoms with van der Waals surface area (Å²) in [6, 6.07) is 0. The van der Waals surface area contributed by atoms with Crippen LogP contribution in [-0.4, -0.2) is 23.3 Å². The molecule has 1 aliphatic rings. The van der Waals surface area contributed by atoms with Crippen LogP contribution >= 0.6 is 15.9 Å². The van der Waals surface area contributed by atoms with E-state index in [0.29, 0.717) is 12.3 Å². The van der Waals surface area contributed by atoms with Gasteiger partial charge in [-0.1, -0.05) is 15.9 Å². The lowest BCUT2D eigenvalue weighted by Gasteiger charge is -2.24. The van der Waals surface area contributed by atoms with Crippen LogP contribution in [0.15, 0.2) is 11.8 Å². The molecule has 0 bridgehead atoms. The fourth-order valence-corrected chi connectivity index (χ4v) is 1.11. The predicted octanol–water partition coefficient (Wildman–Crippen LogP) is 0.327. The van der Waals surface area contributed by atoms with Gasteiger partial charge in [0.1, 0.15) is 4.83 Å². The number of carbonyl (C=O) groups excluding carboxylic acids is 2. The van der Waals surface area contributed by atoms with Crippen LogP contribution in [0.5, 0.6) is 0 Å². The van der Waals surface area contributed by atoms with Gasteiger partial charge < -0.3 is 10.1 Å². The highest BCUT2D eigenvalue weighted by molar-refractivity contribution is 9.10. The molecule has 0 radical (unpaired) electrons. The van der Waals surface area contributed by atoms with Gasteiger partial charge in [0, 0.05) is 11.8 Å². The molecule has 0 aromatic heterocycles. The normalized spacial score (nSPS) is 24.7. The molecule has 1 heterocycles. The molecular weight excluding hydrogens is 226 g/mol. The summed E-state index contributed by atoms with van der Waals surface area (Å²) in [5.74, 6) is -0.567. The van der Waals surface area contributed by atoms with Crippen molar-refractivity contribution in [1.29, 1.82) is 0 Å². The molecule has 1 aliphatic heterocycles. The number of alkyl halides is 1. The van der Waals surface area contributed by atoms with Crippen molar-refractivity contribution in [2.24, 2.45) is 0 Å². The number of nitrogens with one attached hydrogen (secondary N) is 1. The van der Waals surface area contributed by atoms with Crippen molar-refractivity contribution in [3.63, 3.8) is 0 Å². The number of halogens is 1. The van der Waals surface area contributed by atoms with E-state index in [2.05, 4.69) is 26.0 Å². The number of ether oxygens (including phenoxy) is 1. The molecule has 12 heavy (non-hydrogen) atoms. The summed E-state index contributed by atoms with van der Waals surface area (Å²) in [6.45, 7) is 2.06. The summed E-state index contributed by atoms with van der Waals surface area (Å²) < 4.78 is 4.64. The quantitative estimate of drug-likeness (QED) is 0.324. The molecule has 0 unspecified atom stereocenters. The van der Waals surface area contributed by atoms with Gasteiger partial charge >= 0.3 is 5.97 Å². The Kier molecular flexibility index (Phi) is 2.86. The molecule has 5 heteroatoms. The van der Waals surface area contributed by atoms with Crippen molar-refractivity contribution in [2.75, 3.05) is 6.61 Å². The van der Waals surface area contributed by atoms with Crippen molar-refractivity contribution in [3.8, 4) is 0 Å². The number of esters is 1. The smallest absolute Gasteiger partial charge is 0.332 e. The number of hydrogen-bond acceptors (Lipinski definition) is 3. The minimum Gasteiger partial charge on any atom is -0.463 e. The molecule has 1 N–H and O–H groups in total. The van der Waals surface area contributed by atoms with Gasteiger partial charge in [0.25, 0.3) is 0 Å². The minimum atomic E-state index is -0.433. The molecule has 4 nitrogen and oxygen atoms in total. The number of β-lactam (4-membered cyclic amide) rings is 1. The third-order valence-corrected chi connectivity index (χ3v) is 2.24. The summed E-state index contributed by atoms with van der Waals surface area (Å²) >= 11 is 3.08. The molecule has 1 rings (SSSR count). The molecule has 0 aromatic carbocycles. The van der Waals surface area contributed by atoms with Gasteiger partial charge in [0.2, 0.25) is 5.91 Å². The first-order chi connectivity index (χ1) is 5.65. The van der Waals surface area contributed by atoms with E-state index in [1.54, 1.807) is 6.92 Å². The number of hydrogen-bond donors (Lipinski definition) is 1. The third-order valence-electron chi connectivity index (χ3n) is 1.33. The first-order valence-corrected chi connectivity index (χ1v) is 4.40. The van der Waals surface area contributed by atoms with Gasteiger partial charge in [0.05, 0.1) is 6.61 Å². The predicted molar refractivity (Wildman–Crippen MR) is 45.6 cm³/mol. The molecule has 1 amide bonds. The van der Waals surface area contributed by atoms with Gasteiger partial charge in [-0.2, -0.15) is 0 Å². The van der Waals surface area contributed by atoms with Crippen molar-refractivity contribution in [3.05, 3.63) is 11.8 Å². The molecule has 1 saturated heterocycles. The maximum absolute atomic E-state index is 10.8. The lowest BCUT2D eigenvalue weighted by atomic mass is 10.1. The van der Waals surface area contributed by atoms with Crippen LogP contribution in [0.25, 0.3) is 0 Å². The molecule has 0 aliphatic carbocycles. The Morgan fingerprint density at radius 3 is 2.92 bits per heavy atom. The van der Waals surface area contributed by atoms with E-state index in [9.17, 15) is 9.59 Å². The first kappa shape index (κ1) is 9.25. The lowest BCUT2D eigenvalue weighted by molar-refractivity contribution is -0.137. The largest absolute Gasteiger partial charge is 0.463 e. The highest BCUT2D eigenvalue weighted by Gasteiger charge is 2.31. The molecule has 1 atom stereocenters. The lowest BCUT2D eigenvalue weighted by Crippen LogP contribution is -2.47. The standard InChI is InChI=1S/C7H8BrNO3/c1-2-12-5(10)3-4-6(8)7(11)9-4/h3,6H,2H2,1H3,(H,9,11)/b4-3-/t6-/m1/s1. The Hall–Kier alpha value is -0.840. The maximum atomic E-state index is 10.8. The molecule has 66 valence electrons. The van der Waals surface area contributed by atoms with Crippen molar-refractivity contribution < 1.29 is 14.3 Å². The van der Waals surface area contributed by atoms with E-state index in [-0.39, 0.29) is 10.7 Å². The van der Waals surface area contributed by atoms with E-state index >= 15 is 0 Å². The zero-order valence-corrected chi connectivity index (χ0v) is 8.05. The van der Waals surface area contributed by atoms with Crippen LogP contribution in [-0.2, 0) is 14.3 Å². The van der Waals surface area contributed by atoms with E-state index in [1.165, 1.54) is 6.08 Å². The van der Waals surface area contributed by atoms with Crippen LogP contribution in [0, 0.1) is 0 Å². The average molecular weight is 234 g/mol. The Bertz CT molecular complexity index is 249. The monoisotopic (exact) mass is 233 g/mol. The highest BCUT2D eigenvalue weighted by Crippen LogP contribution is 2.18. The zero-order valence-electron chi connectivity index (χ0n) is 6.46. The summed E-state index contributed by atoms with van der Waals surface area (Å²) in [5, 5.41) is 2.46. The minimum absolute atomic E-state index is 0.134. The van der Waals surface area contributed by atoms with Crippen molar-refractivity contribution in [2.45, 2.75) is 11.8 Å². The summed E-state index contributed by atoms with van der Waals surface area (Å²) in [6.07, 6.45) is 1.27. The second kappa shape index (κ2) is 3.71. The van der Waals surface area contributed by atoms with Crippen LogP contribution in [0.1, 0.15) is 6.92 Å². The van der Waals surface area contributed by atoms with Gasteiger partial charge in [0.15, 0.2) is 0 Å². The Morgan fingerprint density at radius 1 is 1.83 bits per heavy atom. The van der Waals surface area contributed by atoms with E-state index in [4.69, 9.17) is 0 Å². The molecule has 0 aromatic rings. The van der Waals surface area contributed by atoms with Gasteiger partial charge in [-0.15, -0.1) is 0 Å². The van der Waals surface area contributed by atoms with Crippen molar-refractivity contribution >= 4 is 27.8 Å². The van der Waals surface area contributed by atoms with Crippen LogP contribution in [0.2, 0.25) is 0 Å². The van der Waals surface area contributed by atoms with Gasteiger partial charge in [-0.3, -0.25) is 4.79 Å². The molecule has 0 spiro atoms. The second-order valence-electron chi connectivity index (χ2n) is 2.20. The van der Waals surface area contributed by atoms with Crippen molar-refractivity contribution in [1.82, 2.24) is 5.32 Å². The Labute approximate surface area is 78.1 Å². The Morgan fingerprint density at radius 2 is 2.50 bits per heavy atom. The van der Waals surface area contributed by atoms with Crippen LogP contribution < -0.4 is 5.32 Å². The van der Waals surface area contributed by atoms with E-state index in [1.807, 2.05) is 0 Å². The third kappa shape index (κ3) is 1.85. The highest BCUT2D eigenvalue weighted by atomic mass is 79.9. The molecule has 1 fully saturated rings. The number of amides is 1. The van der Waals surface area contributed by atoms with Gasteiger partial charge in [-0.05, 0) is 6.92 Å². The summed E-state index contributed by atoms with van der Waals surface area (Å²) in [5.41, 5.74) is 0.554. The topological polar surface area (TPSA) is 55.4 Å². The Balaban J connectivity index is 2.48. The number of carbonyl (C=O) groups is 2. The van der Waals surface area contributed by atoms with E-state index < -0.39 is 5.97 Å². The summed E-state index contributed by atoms with van der Waals surface area (Å²) in [4.78, 5) is 21.1. The fourth-order valence-electron chi connectivity index (χ4n) is 0.753. The summed E-state index contributed by atoms with van der Waals surface area (Å²) in [7, 11) is 0. The maximum Gasteiger partial charge on any atom is 0.332 e. The molecule has 0 saturated carbocycles. The first-order valence-electron chi connectivity index (χ1n) is 3.48. The van der Waals surface area contributed by atoms with Gasteiger partial charge in [-0.25, -0.2) is 4.79 Å². The van der Waals surface area contributed by atoms with Crippen LogP contribution in [0.4, 0.5) is 0 Å².